The van der Waals surface area contributed by atoms with Gasteiger partial charge in [0, 0.05) is 43.3 Å². The lowest BCUT2D eigenvalue weighted by molar-refractivity contribution is 0.0746. The van der Waals surface area contributed by atoms with Gasteiger partial charge in [0.2, 0.25) is 0 Å². The van der Waals surface area contributed by atoms with Crippen LogP contribution in [0.25, 0.3) is 11.3 Å². The third kappa shape index (κ3) is 3.65. The van der Waals surface area contributed by atoms with Crippen molar-refractivity contribution in [1.29, 1.82) is 0 Å². The van der Waals surface area contributed by atoms with Crippen LogP contribution in [0, 0.1) is 19.7 Å². The average Bonchev–Trinajstić information content (AvgIpc) is 3.10. The minimum absolute atomic E-state index is 0.0610. The molecule has 144 valence electrons. The van der Waals surface area contributed by atoms with Crippen molar-refractivity contribution in [2.24, 2.45) is 0 Å². The molecule has 0 unspecified atom stereocenters. The van der Waals surface area contributed by atoms with Gasteiger partial charge in [0.25, 0.3) is 5.91 Å². The van der Waals surface area contributed by atoms with E-state index in [4.69, 9.17) is 0 Å². The largest absolute Gasteiger partial charge is 0.368 e. The Balaban J connectivity index is 1.45. The Morgan fingerprint density at radius 1 is 0.929 bits per heavy atom. The van der Waals surface area contributed by atoms with E-state index >= 15 is 0 Å². The standard InChI is InChI=1S/C23H24FN3O/c1-16-3-5-18(6-4-16)22-15-21(17(2)25-22)23(28)27-13-11-26(12-14-27)20-9-7-19(24)8-10-20/h3-10,15,25H,11-14H2,1-2H3. The molecular formula is C23H24FN3O. The van der Waals surface area contributed by atoms with Gasteiger partial charge in [-0.05, 0) is 49.7 Å². The van der Waals surface area contributed by atoms with Crippen LogP contribution in [0.1, 0.15) is 21.6 Å². The van der Waals surface area contributed by atoms with E-state index in [0.717, 1.165) is 41.3 Å². The van der Waals surface area contributed by atoms with Crippen LogP contribution < -0.4 is 4.90 Å². The zero-order valence-electron chi connectivity index (χ0n) is 16.2. The van der Waals surface area contributed by atoms with Gasteiger partial charge >= 0.3 is 0 Å². The summed E-state index contributed by atoms with van der Waals surface area (Å²) in [5.74, 6) is -0.171. The Bertz CT molecular complexity index is 968. The van der Waals surface area contributed by atoms with Crippen LogP contribution in [0.15, 0.2) is 54.6 Å². The molecule has 0 atom stereocenters. The third-order valence-electron chi connectivity index (χ3n) is 5.37. The molecule has 1 amide bonds. The molecule has 1 N–H and O–H groups in total. The summed E-state index contributed by atoms with van der Waals surface area (Å²) in [6.07, 6.45) is 0. The molecule has 0 spiro atoms. The Hall–Kier alpha value is -3.08. The number of anilines is 1. The van der Waals surface area contributed by atoms with E-state index in [1.54, 1.807) is 12.1 Å². The number of aryl methyl sites for hydroxylation is 2. The first-order chi connectivity index (χ1) is 13.5. The molecule has 1 fully saturated rings. The van der Waals surface area contributed by atoms with Crippen LogP contribution in [0.5, 0.6) is 0 Å². The summed E-state index contributed by atoms with van der Waals surface area (Å²) >= 11 is 0. The molecule has 2 aromatic carbocycles. The van der Waals surface area contributed by atoms with Crippen molar-refractivity contribution in [3.8, 4) is 11.3 Å². The van der Waals surface area contributed by atoms with Crippen molar-refractivity contribution in [3.05, 3.63) is 77.2 Å². The Kier molecular flexibility index (Phi) is 4.90. The molecule has 0 radical (unpaired) electrons. The number of carbonyl (C=O) groups is 1. The fourth-order valence-corrected chi connectivity index (χ4v) is 3.66. The number of hydrogen-bond donors (Lipinski definition) is 1. The lowest BCUT2D eigenvalue weighted by Crippen LogP contribution is -2.48. The van der Waals surface area contributed by atoms with Gasteiger partial charge in [0.05, 0.1) is 5.56 Å². The van der Waals surface area contributed by atoms with Crippen molar-refractivity contribution >= 4 is 11.6 Å². The predicted octanol–water partition coefficient (Wildman–Crippen LogP) is 4.40. The summed E-state index contributed by atoms with van der Waals surface area (Å²) in [7, 11) is 0. The fraction of sp³-hybridized carbons (Fsp3) is 0.261. The second kappa shape index (κ2) is 7.50. The van der Waals surface area contributed by atoms with Crippen molar-refractivity contribution in [1.82, 2.24) is 9.88 Å². The van der Waals surface area contributed by atoms with Gasteiger partial charge in [-0.3, -0.25) is 4.79 Å². The molecule has 1 saturated heterocycles. The quantitative estimate of drug-likeness (QED) is 0.735. The topological polar surface area (TPSA) is 39.3 Å². The van der Waals surface area contributed by atoms with Crippen LogP contribution >= 0.6 is 0 Å². The molecule has 2 heterocycles. The van der Waals surface area contributed by atoms with E-state index in [0.29, 0.717) is 13.1 Å². The monoisotopic (exact) mass is 377 g/mol. The SMILES string of the molecule is Cc1ccc(-c2cc(C(=O)N3CCN(c4ccc(F)cc4)CC3)c(C)[nH]2)cc1. The van der Waals surface area contributed by atoms with E-state index in [9.17, 15) is 9.18 Å². The highest BCUT2D eigenvalue weighted by Gasteiger charge is 2.24. The van der Waals surface area contributed by atoms with Crippen molar-refractivity contribution in [2.75, 3.05) is 31.1 Å². The minimum atomic E-state index is -0.232. The number of hydrogen-bond acceptors (Lipinski definition) is 2. The first-order valence-electron chi connectivity index (χ1n) is 9.58. The smallest absolute Gasteiger partial charge is 0.255 e. The number of piperazine rings is 1. The van der Waals surface area contributed by atoms with Gasteiger partial charge < -0.3 is 14.8 Å². The van der Waals surface area contributed by atoms with Crippen LogP contribution in [-0.4, -0.2) is 42.0 Å². The van der Waals surface area contributed by atoms with E-state index < -0.39 is 0 Å². The van der Waals surface area contributed by atoms with Gasteiger partial charge in [-0.1, -0.05) is 29.8 Å². The first-order valence-corrected chi connectivity index (χ1v) is 9.58. The number of nitrogens with one attached hydrogen (secondary N) is 1. The van der Waals surface area contributed by atoms with E-state index in [1.165, 1.54) is 17.7 Å². The molecule has 1 aliphatic heterocycles. The predicted molar refractivity (Wildman–Crippen MR) is 110 cm³/mol. The average molecular weight is 377 g/mol. The maximum atomic E-state index is 13.1. The maximum absolute atomic E-state index is 13.1. The Morgan fingerprint density at radius 2 is 1.57 bits per heavy atom. The van der Waals surface area contributed by atoms with Gasteiger partial charge in [-0.2, -0.15) is 0 Å². The zero-order chi connectivity index (χ0) is 19.7. The molecule has 28 heavy (non-hydrogen) atoms. The number of nitrogens with zero attached hydrogens (tertiary/aromatic N) is 2. The number of halogens is 1. The normalized spacial score (nSPS) is 14.4. The summed E-state index contributed by atoms with van der Waals surface area (Å²) in [4.78, 5) is 20.5. The molecule has 1 aromatic heterocycles. The van der Waals surface area contributed by atoms with Gasteiger partial charge in [0.1, 0.15) is 5.82 Å². The Labute approximate surface area is 164 Å². The summed E-state index contributed by atoms with van der Waals surface area (Å²) < 4.78 is 13.1. The van der Waals surface area contributed by atoms with E-state index in [-0.39, 0.29) is 11.7 Å². The van der Waals surface area contributed by atoms with Crippen LogP contribution in [0.4, 0.5) is 10.1 Å². The number of carbonyl (C=O) groups excluding carboxylic acids is 1. The number of H-pyrrole nitrogens is 1. The van der Waals surface area contributed by atoms with Crippen molar-refractivity contribution in [2.45, 2.75) is 13.8 Å². The number of benzene rings is 2. The van der Waals surface area contributed by atoms with E-state index in [1.807, 2.05) is 17.9 Å². The molecule has 0 bridgehead atoms. The maximum Gasteiger partial charge on any atom is 0.255 e. The Morgan fingerprint density at radius 3 is 2.21 bits per heavy atom. The van der Waals surface area contributed by atoms with Crippen LogP contribution in [0.2, 0.25) is 0 Å². The fourth-order valence-electron chi connectivity index (χ4n) is 3.66. The lowest BCUT2D eigenvalue weighted by atomic mass is 10.1. The highest BCUT2D eigenvalue weighted by atomic mass is 19.1. The third-order valence-corrected chi connectivity index (χ3v) is 5.37. The molecule has 0 aliphatic carbocycles. The molecule has 1 aliphatic rings. The van der Waals surface area contributed by atoms with Crippen molar-refractivity contribution < 1.29 is 9.18 Å². The molecule has 3 aromatic rings. The van der Waals surface area contributed by atoms with Crippen molar-refractivity contribution in [3.63, 3.8) is 0 Å². The summed E-state index contributed by atoms with van der Waals surface area (Å²) in [6.45, 7) is 6.79. The molecular weight excluding hydrogens is 353 g/mol. The second-order valence-electron chi connectivity index (χ2n) is 7.34. The van der Waals surface area contributed by atoms with Gasteiger partial charge in [-0.25, -0.2) is 4.39 Å². The number of aromatic nitrogens is 1. The molecule has 4 rings (SSSR count). The van der Waals surface area contributed by atoms with E-state index in [2.05, 4.69) is 41.1 Å². The van der Waals surface area contributed by atoms with Crippen LogP contribution in [-0.2, 0) is 0 Å². The summed E-state index contributed by atoms with van der Waals surface area (Å²) in [6, 6.07) is 16.8. The van der Waals surface area contributed by atoms with Crippen LogP contribution in [0.3, 0.4) is 0 Å². The minimum Gasteiger partial charge on any atom is -0.368 e. The molecule has 0 saturated carbocycles. The number of aromatic amines is 1. The summed E-state index contributed by atoms with van der Waals surface area (Å²) in [5, 5.41) is 0. The zero-order valence-corrected chi connectivity index (χ0v) is 16.2. The molecule has 4 nitrogen and oxygen atoms in total. The molecule has 5 heteroatoms. The summed E-state index contributed by atoms with van der Waals surface area (Å²) in [5.41, 5.74) is 5.86. The number of rotatable bonds is 3. The lowest BCUT2D eigenvalue weighted by Gasteiger charge is -2.36. The number of amides is 1. The highest BCUT2D eigenvalue weighted by molar-refractivity contribution is 5.97. The van der Waals surface area contributed by atoms with Gasteiger partial charge in [-0.15, -0.1) is 0 Å². The highest BCUT2D eigenvalue weighted by Crippen LogP contribution is 2.24. The second-order valence-corrected chi connectivity index (χ2v) is 7.34. The first kappa shape index (κ1) is 18.3. The van der Waals surface area contributed by atoms with Gasteiger partial charge in [0.15, 0.2) is 0 Å².